The van der Waals surface area contributed by atoms with Crippen molar-refractivity contribution >= 4 is 11.8 Å². The van der Waals surface area contributed by atoms with E-state index in [1.165, 1.54) is 0 Å². The van der Waals surface area contributed by atoms with Crippen molar-refractivity contribution in [1.29, 1.82) is 0 Å². The maximum Gasteiger partial charge on any atom is 0.253 e. The summed E-state index contributed by atoms with van der Waals surface area (Å²) >= 11 is 0. The molecule has 0 saturated heterocycles. The third-order valence-corrected chi connectivity index (χ3v) is 3.61. The highest BCUT2D eigenvalue weighted by molar-refractivity contribution is 5.85. The lowest BCUT2D eigenvalue weighted by molar-refractivity contribution is -0.125. The molecule has 0 saturated carbocycles. The zero-order valence-electron chi connectivity index (χ0n) is 13.8. The van der Waals surface area contributed by atoms with Crippen molar-refractivity contribution in [3.63, 3.8) is 0 Å². The molecule has 0 aliphatic rings. The second-order valence-corrected chi connectivity index (χ2v) is 5.66. The minimum atomic E-state index is -0.337. The minimum absolute atomic E-state index is 0.117. The van der Waals surface area contributed by atoms with Gasteiger partial charge in [0.1, 0.15) is 0 Å². The second kappa shape index (κ2) is 8.10. The molecule has 3 N–H and O–H groups in total. The van der Waals surface area contributed by atoms with Crippen LogP contribution in [0.5, 0.6) is 0 Å². The Hall–Kier alpha value is -2.89. The van der Waals surface area contributed by atoms with E-state index in [9.17, 15) is 14.4 Å². The van der Waals surface area contributed by atoms with Gasteiger partial charge in [0.05, 0.1) is 13.0 Å². The van der Waals surface area contributed by atoms with Gasteiger partial charge in [-0.3, -0.25) is 14.4 Å². The topological polar surface area (TPSA) is 91.1 Å². The first-order chi connectivity index (χ1) is 11.5. The van der Waals surface area contributed by atoms with Crippen molar-refractivity contribution in [1.82, 2.24) is 15.6 Å². The van der Waals surface area contributed by atoms with Crippen LogP contribution in [-0.4, -0.2) is 23.3 Å². The average molecular weight is 327 g/mol. The van der Waals surface area contributed by atoms with E-state index in [0.29, 0.717) is 5.56 Å². The number of nitrogens with one attached hydrogen (secondary N) is 3. The summed E-state index contributed by atoms with van der Waals surface area (Å²) in [5.41, 5.74) is 2.80. The van der Waals surface area contributed by atoms with E-state index < -0.39 is 0 Å². The summed E-state index contributed by atoms with van der Waals surface area (Å²) < 4.78 is 0. The van der Waals surface area contributed by atoms with Gasteiger partial charge >= 0.3 is 0 Å². The zero-order valence-corrected chi connectivity index (χ0v) is 13.8. The number of pyridine rings is 1. The third kappa shape index (κ3) is 5.08. The Labute approximate surface area is 140 Å². The van der Waals surface area contributed by atoms with Crippen LogP contribution in [0.1, 0.15) is 22.4 Å². The fourth-order valence-electron chi connectivity index (χ4n) is 2.37. The summed E-state index contributed by atoms with van der Waals surface area (Å²) in [5.74, 6) is -0.559. The molecule has 2 amide bonds. The van der Waals surface area contributed by atoms with E-state index in [2.05, 4.69) is 15.6 Å². The van der Waals surface area contributed by atoms with Gasteiger partial charge in [0.25, 0.3) is 5.56 Å². The van der Waals surface area contributed by atoms with Crippen LogP contribution in [0.2, 0.25) is 0 Å². The number of amides is 2. The van der Waals surface area contributed by atoms with Gasteiger partial charge in [0.15, 0.2) is 0 Å². The third-order valence-electron chi connectivity index (χ3n) is 3.61. The molecule has 1 aromatic carbocycles. The van der Waals surface area contributed by atoms with Gasteiger partial charge < -0.3 is 15.6 Å². The van der Waals surface area contributed by atoms with Crippen molar-refractivity contribution in [3.05, 3.63) is 69.1 Å². The molecule has 0 aliphatic carbocycles. The predicted molar refractivity (Wildman–Crippen MR) is 91.5 cm³/mol. The van der Waals surface area contributed by atoms with Gasteiger partial charge in [0, 0.05) is 17.8 Å². The van der Waals surface area contributed by atoms with Crippen molar-refractivity contribution in [2.75, 3.05) is 6.54 Å². The Balaban J connectivity index is 1.80. The molecule has 1 heterocycles. The van der Waals surface area contributed by atoms with Crippen LogP contribution in [0.3, 0.4) is 0 Å². The maximum absolute atomic E-state index is 11.9. The van der Waals surface area contributed by atoms with Gasteiger partial charge in [-0.25, -0.2) is 0 Å². The number of aromatic amines is 1. The predicted octanol–water partition coefficient (Wildman–Crippen LogP) is 0.967. The van der Waals surface area contributed by atoms with Crippen LogP contribution in [0, 0.1) is 13.8 Å². The number of aromatic nitrogens is 1. The van der Waals surface area contributed by atoms with E-state index in [1.807, 2.05) is 43.3 Å². The number of hydrogen-bond acceptors (Lipinski definition) is 3. The van der Waals surface area contributed by atoms with Crippen molar-refractivity contribution < 1.29 is 9.59 Å². The molecular weight excluding hydrogens is 306 g/mol. The Morgan fingerprint density at radius 2 is 1.75 bits per heavy atom. The molecule has 1 aromatic heterocycles. The summed E-state index contributed by atoms with van der Waals surface area (Å²) in [6, 6.07) is 11.2. The highest BCUT2D eigenvalue weighted by Crippen LogP contribution is 2.03. The molecule has 0 atom stereocenters. The van der Waals surface area contributed by atoms with Crippen LogP contribution >= 0.6 is 0 Å². The molecule has 6 heteroatoms. The highest BCUT2D eigenvalue weighted by atomic mass is 16.2. The standard InChI is InChI=1S/C18H21N3O3/c1-12-8-13(2)21-18(24)15(12)10-19-17(23)11-20-16(22)9-14-6-4-3-5-7-14/h3-8H,9-11H2,1-2H3,(H,19,23)(H,20,22)(H,21,24). The first-order valence-corrected chi connectivity index (χ1v) is 7.72. The van der Waals surface area contributed by atoms with Gasteiger partial charge in [-0.1, -0.05) is 30.3 Å². The summed E-state index contributed by atoms with van der Waals surface area (Å²) in [5, 5.41) is 5.21. The lowest BCUT2D eigenvalue weighted by Gasteiger charge is -2.09. The molecule has 2 rings (SSSR count). The van der Waals surface area contributed by atoms with Crippen LogP contribution in [0.4, 0.5) is 0 Å². The molecule has 0 radical (unpaired) electrons. The summed E-state index contributed by atoms with van der Waals surface area (Å²) in [4.78, 5) is 38.2. The largest absolute Gasteiger partial charge is 0.350 e. The smallest absolute Gasteiger partial charge is 0.253 e. The molecule has 6 nitrogen and oxygen atoms in total. The normalized spacial score (nSPS) is 10.2. The number of benzene rings is 1. The van der Waals surface area contributed by atoms with Gasteiger partial charge in [-0.2, -0.15) is 0 Å². The quantitative estimate of drug-likeness (QED) is 0.738. The van der Waals surface area contributed by atoms with E-state index in [0.717, 1.165) is 16.8 Å². The molecule has 0 spiro atoms. The number of H-pyrrole nitrogens is 1. The van der Waals surface area contributed by atoms with Crippen LogP contribution < -0.4 is 16.2 Å². The molecule has 126 valence electrons. The van der Waals surface area contributed by atoms with Gasteiger partial charge in [-0.15, -0.1) is 0 Å². The summed E-state index contributed by atoms with van der Waals surface area (Å²) in [6.07, 6.45) is 0.227. The van der Waals surface area contributed by atoms with Crippen LogP contribution in [0.25, 0.3) is 0 Å². The van der Waals surface area contributed by atoms with E-state index >= 15 is 0 Å². The minimum Gasteiger partial charge on any atom is -0.350 e. The second-order valence-electron chi connectivity index (χ2n) is 5.66. The van der Waals surface area contributed by atoms with E-state index in [4.69, 9.17) is 0 Å². The van der Waals surface area contributed by atoms with Crippen LogP contribution in [-0.2, 0) is 22.6 Å². The van der Waals surface area contributed by atoms with E-state index in [-0.39, 0.29) is 36.9 Å². The average Bonchev–Trinajstić information content (AvgIpc) is 2.53. The number of aryl methyl sites for hydroxylation is 2. The zero-order chi connectivity index (χ0) is 17.5. The molecule has 0 unspecified atom stereocenters. The monoisotopic (exact) mass is 327 g/mol. The molecule has 2 aromatic rings. The number of carbonyl (C=O) groups is 2. The maximum atomic E-state index is 11.9. The first-order valence-electron chi connectivity index (χ1n) is 7.72. The fraction of sp³-hybridized carbons (Fsp3) is 0.278. The lowest BCUT2D eigenvalue weighted by Crippen LogP contribution is -2.38. The first kappa shape index (κ1) is 17.5. The summed E-state index contributed by atoms with van der Waals surface area (Å²) in [6.45, 7) is 3.65. The fourth-order valence-corrected chi connectivity index (χ4v) is 2.37. The molecule has 0 fully saturated rings. The Bertz CT molecular complexity index is 782. The summed E-state index contributed by atoms with van der Waals surface area (Å²) in [7, 11) is 0. The molecular formula is C18H21N3O3. The Morgan fingerprint density at radius 3 is 2.42 bits per heavy atom. The molecule has 24 heavy (non-hydrogen) atoms. The lowest BCUT2D eigenvalue weighted by atomic mass is 10.1. The van der Waals surface area contributed by atoms with Crippen molar-refractivity contribution in [3.8, 4) is 0 Å². The molecule has 0 bridgehead atoms. The van der Waals surface area contributed by atoms with Gasteiger partial charge in [0.2, 0.25) is 11.8 Å². The van der Waals surface area contributed by atoms with Crippen molar-refractivity contribution in [2.45, 2.75) is 26.8 Å². The van der Waals surface area contributed by atoms with E-state index in [1.54, 1.807) is 6.92 Å². The highest BCUT2D eigenvalue weighted by Gasteiger charge is 2.09. The number of rotatable bonds is 6. The van der Waals surface area contributed by atoms with Gasteiger partial charge in [-0.05, 0) is 31.0 Å². The number of carbonyl (C=O) groups excluding carboxylic acids is 2. The van der Waals surface area contributed by atoms with Crippen molar-refractivity contribution in [2.24, 2.45) is 0 Å². The number of hydrogen-bond donors (Lipinski definition) is 3. The van der Waals surface area contributed by atoms with Crippen LogP contribution in [0.15, 0.2) is 41.2 Å². The SMILES string of the molecule is Cc1cc(C)c(CNC(=O)CNC(=O)Cc2ccccc2)c(=O)[nH]1. The Morgan fingerprint density at radius 1 is 1.04 bits per heavy atom. The Kier molecular flexibility index (Phi) is 5.89. The molecule has 0 aliphatic heterocycles.